The van der Waals surface area contributed by atoms with Gasteiger partial charge in [-0.25, -0.2) is 0 Å². The van der Waals surface area contributed by atoms with Crippen LogP contribution in [0.3, 0.4) is 0 Å². The predicted octanol–water partition coefficient (Wildman–Crippen LogP) is 2.40. The Labute approximate surface area is 135 Å². The molecule has 2 aromatic rings. The van der Waals surface area contributed by atoms with Gasteiger partial charge in [-0.3, -0.25) is 9.78 Å². The van der Waals surface area contributed by atoms with E-state index in [0.717, 1.165) is 25.1 Å². The first kappa shape index (κ1) is 16.5. The first-order chi connectivity index (χ1) is 11.4. The minimum Gasteiger partial charge on any atom is -0.392 e. The highest BCUT2D eigenvalue weighted by Crippen LogP contribution is 2.28. The molecule has 1 aliphatic rings. The molecule has 1 aliphatic carbocycles. The maximum Gasteiger partial charge on any atom is 0.433 e. The number of aliphatic hydroxyl groups excluding tert-OH is 1. The Morgan fingerprint density at radius 3 is 2.67 bits per heavy atom. The van der Waals surface area contributed by atoms with E-state index in [1.165, 1.54) is 6.07 Å². The van der Waals surface area contributed by atoms with Gasteiger partial charge >= 0.3 is 6.18 Å². The molecule has 0 spiro atoms. The molecule has 2 heterocycles. The molecule has 3 N–H and O–H groups in total. The number of carbonyl (C=O) groups is 1. The van der Waals surface area contributed by atoms with Gasteiger partial charge in [0.15, 0.2) is 0 Å². The predicted molar refractivity (Wildman–Crippen MR) is 79.2 cm³/mol. The zero-order valence-electron chi connectivity index (χ0n) is 12.7. The standard InChI is InChI=1S/C16H16F3N3O2/c17-16(18,19)13-4-1-9(6-20-13)5-10-7-21-14(12(10)8-23)15(24)22-11-2-3-11/h1,4,6-7,11,21,23H,2-3,5,8H2,(H,22,24). The van der Waals surface area contributed by atoms with Crippen LogP contribution in [0.5, 0.6) is 0 Å². The zero-order valence-corrected chi connectivity index (χ0v) is 12.7. The van der Waals surface area contributed by atoms with Gasteiger partial charge < -0.3 is 15.4 Å². The lowest BCUT2D eigenvalue weighted by Crippen LogP contribution is -2.26. The van der Waals surface area contributed by atoms with Gasteiger partial charge in [0.25, 0.3) is 5.91 Å². The maximum absolute atomic E-state index is 12.5. The number of carbonyl (C=O) groups excluding carboxylic acids is 1. The zero-order chi connectivity index (χ0) is 17.3. The van der Waals surface area contributed by atoms with E-state index in [1.807, 2.05) is 0 Å². The molecule has 0 radical (unpaired) electrons. The van der Waals surface area contributed by atoms with E-state index in [-0.39, 0.29) is 25.0 Å². The summed E-state index contributed by atoms with van der Waals surface area (Å²) in [5.41, 5.74) is 1.00. The number of hydrogen-bond acceptors (Lipinski definition) is 3. The summed E-state index contributed by atoms with van der Waals surface area (Å²) < 4.78 is 37.6. The number of H-pyrrole nitrogens is 1. The third-order valence-electron chi connectivity index (χ3n) is 3.89. The molecule has 0 atom stereocenters. The monoisotopic (exact) mass is 339 g/mol. The Morgan fingerprint density at radius 1 is 1.38 bits per heavy atom. The van der Waals surface area contributed by atoms with Crippen LogP contribution >= 0.6 is 0 Å². The number of aliphatic hydroxyl groups is 1. The van der Waals surface area contributed by atoms with Crippen LogP contribution in [0.1, 0.15) is 45.7 Å². The van der Waals surface area contributed by atoms with Crippen LogP contribution in [0, 0.1) is 0 Å². The number of alkyl halides is 3. The second kappa shape index (κ2) is 6.27. The van der Waals surface area contributed by atoms with Crippen LogP contribution in [0.15, 0.2) is 24.5 Å². The fourth-order valence-corrected chi connectivity index (χ4v) is 2.44. The van der Waals surface area contributed by atoms with Crippen LogP contribution in [0.25, 0.3) is 0 Å². The molecule has 24 heavy (non-hydrogen) atoms. The summed E-state index contributed by atoms with van der Waals surface area (Å²) in [6.45, 7) is -0.333. The van der Waals surface area contributed by atoms with E-state index in [4.69, 9.17) is 0 Å². The van der Waals surface area contributed by atoms with Crippen LogP contribution in [0.4, 0.5) is 13.2 Å². The summed E-state index contributed by atoms with van der Waals surface area (Å²) in [5, 5.41) is 12.4. The molecule has 0 aliphatic heterocycles. The van der Waals surface area contributed by atoms with Crippen LogP contribution in [0.2, 0.25) is 0 Å². The van der Waals surface area contributed by atoms with E-state index < -0.39 is 11.9 Å². The highest BCUT2D eigenvalue weighted by molar-refractivity contribution is 5.94. The second-order valence-corrected chi connectivity index (χ2v) is 5.80. The van der Waals surface area contributed by atoms with Crippen LogP contribution in [-0.4, -0.2) is 27.0 Å². The molecule has 0 unspecified atom stereocenters. The molecule has 5 nitrogen and oxygen atoms in total. The molecular weight excluding hydrogens is 323 g/mol. The van der Waals surface area contributed by atoms with E-state index >= 15 is 0 Å². The second-order valence-electron chi connectivity index (χ2n) is 5.80. The highest BCUT2D eigenvalue weighted by atomic mass is 19.4. The summed E-state index contributed by atoms with van der Waals surface area (Å²) in [4.78, 5) is 18.4. The number of aromatic nitrogens is 2. The number of pyridine rings is 1. The Balaban J connectivity index is 1.77. The average Bonchev–Trinajstić information content (AvgIpc) is 3.25. The molecule has 1 saturated carbocycles. The molecule has 8 heteroatoms. The summed E-state index contributed by atoms with van der Waals surface area (Å²) in [6, 6.07) is 2.45. The van der Waals surface area contributed by atoms with Gasteiger partial charge in [0.05, 0.1) is 6.61 Å². The van der Waals surface area contributed by atoms with E-state index in [1.54, 1.807) is 6.20 Å². The smallest absolute Gasteiger partial charge is 0.392 e. The van der Waals surface area contributed by atoms with Crippen molar-refractivity contribution in [1.82, 2.24) is 15.3 Å². The third-order valence-corrected chi connectivity index (χ3v) is 3.89. The van der Waals surface area contributed by atoms with Gasteiger partial charge in [-0.05, 0) is 30.0 Å². The summed E-state index contributed by atoms with van der Waals surface area (Å²) in [6.07, 6.45) is 0.438. The average molecular weight is 339 g/mol. The van der Waals surface area contributed by atoms with Crippen molar-refractivity contribution < 1.29 is 23.1 Å². The van der Waals surface area contributed by atoms with E-state index in [2.05, 4.69) is 15.3 Å². The molecule has 3 rings (SSSR count). The Morgan fingerprint density at radius 2 is 2.12 bits per heavy atom. The quantitative estimate of drug-likeness (QED) is 0.783. The molecule has 0 saturated heterocycles. The molecule has 0 aromatic carbocycles. The van der Waals surface area contributed by atoms with Crippen molar-refractivity contribution in [3.8, 4) is 0 Å². The number of amides is 1. The topological polar surface area (TPSA) is 78.0 Å². The van der Waals surface area contributed by atoms with Crippen molar-refractivity contribution in [3.05, 3.63) is 52.6 Å². The first-order valence-electron chi connectivity index (χ1n) is 7.51. The van der Waals surface area contributed by atoms with Crippen molar-refractivity contribution in [2.45, 2.75) is 38.1 Å². The van der Waals surface area contributed by atoms with Gasteiger partial charge in [0.1, 0.15) is 11.4 Å². The minimum absolute atomic E-state index is 0.190. The van der Waals surface area contributed by atoms with Crippen molar-refractivity contribution in [1.29, 1.82) is 0 Å². The van der Waals surface area contributed by atoms with Crippen molar-refractivity contribution in [3.63, 3.8) is 0 Å². The van der Waals surface area contributed by atoms with Crippen LogP contribution in [-0.2, 0) is 19.2 Å². The van der Waals surface area contributed by atoms with Gasteiger partial charge in [-0.15, -0.1) is 0 Å². The first-order valence-corrected chi connectivity index (χ1v) is 7.51. The van der Waals surface area contributed by atoms with Crippen molar-refractivity contribution >= 4 is 5.91 Å². The summed E-state index contributed by atoms with van der Waals surface area (Å²) in [7, 11) is 0. The Bertz CT molecular complexity index is 734. The lowest BCUT2D eigenvalue weighted by atomic mass is 10.0. The van der Waals surface area contributed by atoms with Crippen molar-refractivity contribution in [2.75, 3.05) is 0 Å². The molecular formula is C16H16F3N3O2. The fourth-order valence-electron chi connectivity index (χ4n) is 2.44. The SMILES string of the molecule is O=C(NC1CC1)c1[nH]cc(Cc2ccc(C(F)(F)F)nc2)c1CO. The van der Waals surface area contributed by atoms with Gasteiger partial charge in [-0.1, -0.05) is 6.07 Å². The third kappa shape index (κ3) is 3.59. The normalized spacial score (nSPS) is 14.7. The largest absolute Gasteiger partial charge is 0.433 e. The summed E-state index contributed by atoms with van der Waals surface area (Å²) >= 11 is 0. The van der Waals surface area contributed by atoms with E-state index in [9.17, 15) is 23.1 Å². The number of nitrogens with one attached hydrogen (secondary N) is 2. The Hall–Kier alpha value is -2.35. The summed E-state index contributed by atoms with van der Waals surface area (Å²) in [5.74, 6) is -0.279. The number of nitrogens with zero attached hydrogens (tertiary/aromatic N) is 1. The van der Waals surface area contributed by atoms with Gasteiger partial charge in [0.2, 0.25) is 0 Å². The lowest BCUT2D eigenvalue weighted by Gasteiger charge is -2.08. The number of halogens is 3. The molecule has 0 bridgehead atoms. The highest BCUT2D eigenvalue weighted by Gasteiger charge is 2.32. The fraction of sp³-hybridized carbons (Fsp3) is 0.375. The lowest BCUT2D eigenvalue weighted by molar-refractivity contribution is -0.141. The van der Waals surface area contributed by atoms with Crippen LogP contribution < -0.4 is 5.32 Å². The van der Waals surface area contributed by atoms with E-state index in [0.29, 0.717) is 22.4 Å². The molecule has 1 fully saturated rings. The maximum atomic E-state index is 12.5. The molecule has 128 valence electrons. The molecule has 1 amide bonds. The van der Waals surface area contributed by atoms with Crippen molar-refractivity contribution in [2.24, 2.45) is 0 Å². The number of hydrogen-bond donors (Lipinski definition) is 3. The molecule has 2 aromatic heterocycles. The Kier molecular flexibility index (Phi) is 4.31. The number of rotatable bonds is 5. The van der Waals surface area contributed by atoms with Gasteiger partial charge in [-0.2, -0.15) is 13.2 Å². The number of aromatic amines is 1. The van der Waals surface area contributed by atoms with Gasteiger partial charge in [0, 0.05) is 30.4 Å². The minimum atomic E-state index is -4.48.